The van der Waals surface area contributed by atoms with Crippen molar-refractivity contribution in [3.63, 3.8) is 0 Å². The predicted octanol–water partition coefficient (Wildman–Crippen LogP) is 5.06. The molecule has 0 unspecified atom stereocenters. The van der Waals surface area contributed by atoms with Crippen LogP contribution in [0.3, 0.4) is 0 Å². The van der Waals surface area contributed by atoms with E-state index in [1.807, 2.05) is 42.5 Å². The molecule has 0 aliphatic heterocycles. The standard InChI is InChI=1S/C23H24N4O2/c1-15(28)29-27-19-14-23(2,3)13-18-20(19)22(25-17-7-5-4-6-8-17)21(26-18)16-9-11-24-12-10-16/h4-12,25-26H,13-14H2,1-3H3/b27-19-. The number of H-pyrrole nitrogens is 1. The number of aromatic amines is 1. The van der Waals surface area contributed by atoms with Gasteiger partial charge in [0, 0.05) is 41.8 Å². The third kappa shape index (κ3) is 4.06. The topological polar surface area (TPSA) is 79.4 Å². The van der Waals surface area contributed by atoms with Crippen LogP contribution in [0.5, 0.6) is 0 Å². The van der Waals surface area contributed by atoms with Crippen LogP contribution in [0.25, 0.3) is 11.3 Å². The number of pyridine rings is 1. The molecule has 6 heteroatoms. The molecule has 0 fully saturated rings. The van der Waals surface area contributed by atoms with E-state index in [4.69, 9.17) is 4.84 Å². The van der Waals surface area contributed by atoms with Crippen LogP contribution < -0.4 is 5.32 Å². The number of rotatable bonds is 4. The highest BCUT2D eigenvalue weighted by Gasteiger charge is 2.35. The zero-order valence-electron chi connectivity index (χ0n) is 16.8. The first-order valence-corrected chi connectivity index (χ1v) is 9.65. The molecule has 0 spiro atoms. The quantitative estimate of drug-likeness (QED) is 0.484. The molecular weight excluding hydrogens is 364 g/mol. The Morgan fingerprint density at radius 3 is 2.55 bits per heavy atom. The highest BCUT2D eigenvalue weighted by atomic mass is 16.7. The van der Waals surface area contributed by atoms with E-state index in [0.717, 1.165) is 46.0 Å². The zero-order valence-corrected chi connectivity index (χ0v) is 16.8. The van der Waals surface area contributed by atoms with Crippen molar-refractivity contribution >= 4 is 23.1 Å². The Kier molecular flexibility index (Phi) is 4.92. The van der Waals surface area contributed by atoms with Gasteiger partial charge in [-0.05, 0) is 42.5 Å². The minimum absolute atomic E-state index is 0.00361. The molecule has 29 heavy (non-hydrogen) atoms. The van der Waals surface area contributed by atoms with Gasteiger partial charge in [-0.15, -0.1) is 0 Å². The first kappa shape index (κ1) is 18.9. The fourth-order valence-electron chi connectivity index (χ4n) is 3.81. The average molecular weight is 388 g/mol. The predicted molar refractivity (Wildman–Crippen MR) is 114 cm³/mol. The van der Waals surface area contributed by atoms with Gasteiger partial charge < -0.3 is 15.1 Å². The lowest BCUT2D eigenvalue weighted by Gasteiger charge is -2.30. The number of para-hydroxylation sites is 1. The summed E-state index contributed by atoms with van der Waals surface area (Å²) in [5.41, 5.74) is 6.71. The van der Waals surface area contributed by atoms with Crippen molar-refractivity contribution in [3.05, 3.63) is 66.1 Å². The summed E-state index contributed by atoms with van der Waals surface area (Å²) in [4.78, 5) is 24.2. The summed E-state index contributed by atoms with van der Waals surface area (Å²) in [6.45, 7) is 5.74. The van der Waals surface area contributed by atoms with E-state index in [1.54, 1.807) is 12.4 Å². The molecule has 1 aromatic carbocycles. The summed E-state index contributed by atoms with van der Waals surface area (Å²) in [7, 11) is 0. The second-order valence-corrected chi connectivity index (χ2v) is 8.09. The largest absolute Gasteiger partial charge is 0.356 e. The van der Waals surface area contributed by atoms with Crippen LogP contribution in [0.4, 0.5) is 11.4 Å². The van der Waals surface area contributed by atoms with Crippen molar-refractivity contribution in [1.29, 1.82) is 0 Å². The fraction of sp³-hybridized carbons (Fsp3) is 0.261. The second-order valence-electron chi connectivity index (χ2n) is 8.09. The van der Waals surface area contributed by atoms with Gasteiger partial charge in [-0.3, -0.25) is 4.98 Å². The highest BCUT2D eigenvalue weighted by molar-refractivity contribution is 6.10. The van der Waals surface area contributed by atoms with Crippen molar-refractivity contribution < 1.29 is 9.63 Å². The van der Waals surface area contributed by atoms with E-state index < -0.39 is 5.97 Å². The maximum atomic E-state index is 11.4. The van der Waals surface area contributed by atoms with Gasteiger partial charge in [-0.2, -0.15) is 0 Å². The monoisotopic (exact) mass is 388 g/mol. The van der Waals surface area contributed by atoms with Crippen molar-refractivity contribution in [3.8, 4) is 11.3 Å². The van der Waals surface area contributed by atoms with Crippen molar-refractivity contribution in [2.75, 3.05) is 5.32 Å². The Labute approximate surface area is 170 Å². The molecule has 0 bridgehead atoms. The Morgan fingerprint density at radius 1 is 1.14 bits per heavy atom. The SMILES string of the molecule is CC(=O)O/N=C1/CC(C)(C)Cc2[nH]c(-c3ccncc3)c(Nc3ccccc3)c21. The third-order valence-electron chi connectivity index (χ3n) is 4.96. The van der Waals surface area contributed by atoms with Gasteiger partial charge in [0.25, 0.3) is 0 Å². The molecule has 0 saturated carbocycles. The average Bonchev–Trinajstić information content (AvgIpc) is 3.04. The number of hydrogen-bond donors (Lipinski definition) is 2. The van der Waals surface area contributed by atoms with Crippen molar-refractivity contribution in [1.82, 2.24) is 9.97 Å². The van der Waals surface area contributed by atoms with E-state index in [1.165, 1.54) is 6.92 Å². The van der Waals surface area contributed by atoms with Crippen LogP contribution >= 0.6 is 0 Å². The van der Waals surface area contributed by atoms with Crippen LogP contribution in [-0.4, -0.2) is 21.6 Å². The van der Waals surface area contributed by atoms with E-state index in [9.17, 15) is 4.79 Å². The molecule has 0 radical (unpaired) electrons. The first-order chi connectivity index (χ1) is 13.9. The summed E-state index contributed by atoms with van der Waals surface area (Å²) in [5.74, 6) is -0.426. The molecule has 2 heterocycles. The van der Waals surface area contributed by atoms with E-state index in [2.05, 4.69) is 34.3 Å². The van der Waals surface area contributed by atoms with E-state index in [0.29, 0.717) is 6.42 Å². The summed E-state index contributed by atoms with van der Waals surface area (Å²) in [6, 6.07) is 14.0. The molecule has 2 N–H and O–H groups in total. The number of benzene rings is 1. The number of carbonyl (C=O) groups excluding carboxylic acids is 1. The second kappa shape index (κ2) is 7.54. The third-order valence-corrected chi connectivity index (χ3v) is 4.96. The van der Waals surface area contributed by atoms with E-state index in [-0.39, 0.29) is 5.41 Å². The number of hydrogen-bond acceptors (Lipinski definition) is 5. The van der Waals surface area contributed by atoms with Gasteiger partial charge in [-0.25, -0.2) is 4.79 Å². The van der Waals surface area contributed by atoms with Gasteiger partial charge in [0.1, 0.15) is 0 Å². The lowest BCUT2D eigenvalue weighted by molar-refractivity contribution is -0.140. The summed E-state index contributed by atoms with van der Waals surface area (Å²) < 4.78 is 0. The normalized spacial score (nSPS) is 16.3. The Morgan fingerprint density at radius 2 is 1.86 bits per heavy atom. The molecule has 148 valence electrons. The molecule has 6 nitrogen and oxygen atoms in total. The minimum atomic E-state index is -0.426. The van der Waals surface area contributed by atoms with Gasteiger partial charge >= 0.3 is 5.97 Å². The smallest absolute Gasteiger partial charge is 0.331 e. The highest BCUT2D eigenvalue weighted by Crippen LogP contribution is 2.43. The fourth-order valence-corrected chi connectivity index (χ4v) is 3.81. The lowest BCUT2D eigenvalue weighted by Crippen LogP contribution is -2.27. The minimum Gasteiger partial charge on any atom is -0.356 e. The Hall–Kier alpha value is -3.41. The van der Waals surface area contributed by atoms with Gasteiger partial charge in [0.05, 0.1) is 17.1 Å². The molecule has 0 amide bonds. The maximum absolute atomic E-state index is 11.4. The van der Waals surface area contributed by atoms with E-state index >= 15 is 0 Å². The van der Waals surface area contributed by atoms with Crippen LogP contribution in [0.15, 0.2) is 60.0 Å². The van der Waals surface area contributed by atoms with Crippen LogP contribution in [0.1, 0.15) is 38.4 Å². The number of nitrogens with zero attached hydrogens (tertiary/aromatic N) is 2. The number of anilines is 2. The molecule has 2 aromatic heterocycles. The van der Waals surface area contributed by atoms with Gasteiger partial charge in [0.15, 0.2) is 0 Å². The summed E-state index contributed by atoms with van der Waals surface area (Å²) in [5, 5.41) is 7.77. The number of carbonyl (C=O) groups is 1. The molecule has 0 saturated heterocycles. The van der Waals surface area contributed by atoms with Crippen LogP contribution in [-0.2, 0) is 16.1 Å². The molecule has 1 aliphatic rings. The van der Waals surface area contributed by atoms with Crippen molar-refractivity contribution in [2.45, 2.75) is 33.6 Å². The summed E-state index contributed by atoms with van der Waals surface area (Å²) in [6.07, 6.45) is 5.14. The van der Waals surface area contributed by atoms with Gasteiger partial charge in [0.2, 0.25) is 0 Å². The maximum Gasteiger partial charge on any atom is 0.331 e. The first-order valence-electron chi connectivity index (χ1n) is 9.65. The Balaban J connectivity index is 1.90. The van der Waals surface area contributed by atoms with Crippen LogP contribution in [0, 0.1) is 5.41 Å². The number of oxime groups is 1. The molecule has 1 aliphatic carbocycles. The molecular formula is C23H24N4O2. The summed E-state index contributed by atoms with van der Waals surface area (Å²) >= 11 is 0. The van der Waals surface area contributed by atoms with Crippen LogP contribution in [0.2, 0.25) is 0 Å². The number of fused-ring (bicyclic) bond motifs is 1. The number of aromatic nitrogens is 2. The molecule has 3 aromatic rings. The lowest BCUT2D eigenvalue weighted by atomic mass is 9.75. The van der Waals surface area contributed by atoms with Crippen molar-refractivity contribution in [2.24, 2.45) is 10.6 Å². The number of nitrogens with one attached hydrogen (secondary N) is 2. The molecule has 4 rings (SSSR count). The van der Waals surface area contributed by atoms with Gasteiger partial charge in [-0.1, -0.05) is 37.2 Å². The zero-order chi connectivity index (χ0) is 20.4. The molecule has 0 atom stereocenters. The Bertz CT molecular complexity index is 1050.